The van der Waals surface area contributed by atoms with Gasteiger partial charge < -0.3 is 19.5 Å². The van der Waals surface area contributed by atoms with Gasteiger partial charge in [-0.25, -0.2) is 0 Å². The lowest BCUT2D eigenvalue weighted by Gasteiger charge is -2.26. The van der Waals surface area contributed by atoms with Crippen LogP contribution in [0.4, 0.5) is 5.69 Å². The van der Waals surface area contributed by atoms with Crippen molar-refractivity contribution in [3.8, 4) is 0 Å². The van der Waals surface area contributed by atoms with Gasteiger partial charge in [0.15, 0.2) is 5.11 Å². The van der Waals surface area contributed by atoms with Crippen molar-refractivity contribution in [2.24, 2.45) is 0 Å². The number of furan rings is 1. The van der Waals surface area contributed by atoms with Gasteiger partial charge in [-0.05, 0) is 81.4 Å². The number of benzene rings is 1. The van der Waals surface area contributed by atoms with Gasteiger partial charge in [0.25, 0.3) is 0 Å². The van der Waals surface area contributed by atoms with Crippen LogP contribution in [-0.4, -0.2) is 41.6 Å². The van der Waals surface area contributed by atoms with E-state index in [2.05, 4.69) is 60.3 Å². The van der Waals surface area contributed by atoms with E-state index in [0.717, 1.165) is 49.0 Å². The molecule has 27 heavy (non-hydrogen) atoms. The lowest BCUT2D eigenvalue weighted by molar-refractivity contribution is 0.293. The van der Waals surface area contributed by atoms with Gasteiger partial charge in [0, 0.05) is 12.2 Å². The van der Waals surface area contributed by atoms with Gasteiger partial charge in [0.1, 0.15) is 5.76 Å². The van der Waals surface area contributed by atoms with Crippen LogP contribution in [0.2, 0.25) is 0 Å². The topological polar surface area (TPSA) is 31.6 Å². The average Bonchev–Trinajstić information content (AvgIpc) is 3.19. The van der Waals surface area contributed by atoms with Gasteiger partial charge in [-0.1, -0.05) is 32.4 Å². The molecule has 2 rings (SSSR count). The predicted octanol–water partition coefficient (Wildman–Crippen LogP) is 5.16. The van der Waals surface area contributed by atoms with E-state index >= 15 is 0 Å². The highest BCUT2D eigenvalue weighted by Crippen LogP contribution is 2.13. The van der Waals surface area contributed by atoms with E-state index in [0.29, 0.717) is 6.54 Å². The molecule has 4 nitrogen and oxygen atoms in total. The third-order valence-electron chi connectivity index (χ3n) is 4.69. The van der Waals surface area contributed by atoms with Crippen molar-refractivity contribution < 1.29 is 4.42 Å². The molecule has 0 amide bonds. The molecule has 148 valence electrons. The molecule has 0 aliphatic carbocycles. The molecule has 0 atom stereocenters. The SMILES string of the molecule is CCCCN(C)CCCN(Cc1ccco1)C(=S)Nc1ccc(CC)cc1. The average molecular weight is 388 g/mol. The lowest BCUT2D eigenvalue weighted by Crippen LogP contribution is -2.36. The van der Waals surface area contributed by atoms with Gasteiger partial charge in [-0.2, -0.15) is 0 Å². The number of anilines is 1. The van der Waals surface area contributed by atoms with Crippen LogP contribution < -0.4 is 5.32 Å². The Balaban J connectivity index is 1.92. The Morgan fingerprint density at radius 2 is 1.78 bits per heavy atom. The smallest absolute Gasteiger partial charge is 0.173 e. The van der Waals surface area contributed by atoms with Crippen molar-refractivity contribution >= 4 is 23.0 Å². The van der Waals surface area contributed by atoms with Crippen molar-refractivity contribution in [2.45, 2.75) is 46.1 Å². The summed E-state index contributed by atoms with van der Waals surface area (Å²) in [5, 5.41) is 4.12. The first-order chi connectivity index (χ1) is 13.1. The Kier molecular flexibility index (Phi) is 9.36. The second kappa shape index (κ2) is 11.8. The molecule has 2 aromatic rings. The second-order valence-corrected chi connectivity index (χ2v) is 7.38. The highest BCUT2D eigenvalue weighted by Gasteiger charge is 2.13. The minimum Gasteiger partial charge on any atom is -0.467 e. The Labute approximate surface area is 169 Å². The number of rotatable bonds is 11. The highest BCUT2D eigenvalue weighted by molar-refractivity contribution is 7.80. The van der Waals surface area contributed by atoms with Crippen LogP contribution in [-0.2, 0) is 13.0 Å². The van der Waals surface area contributed by atoms with Crippen LogP contribution in [0, 0.1) is 0 Å². The number of hydrogen-bond donors (Lipinski definition) is 1. The molecule has 5 heteroatoms. The molecule has 0 saturated carbocycles. The van der Waals surface area contributed by atoms with Crippen molar-refractivity contribution in [1.82, 2.24) is 9.80 Å². The summed E-state index contributed by atoms with van der Waals surface area (Å²) < 4.78 is 5.54. The summed E-state index contributed by atoms with van der Waals surface area (Å²) in [6.07, 6.45) is 6.31. The maximum absolute atomic E-state index is 5.70. The summed E-state index contributed by atoms with van der Waals surface area (Å²) in [7, 11) is 2.19. The number of aryl methyl sites for hydroxylation is 1. The van der Waals surface area contributed by atoms with Gasteiger partial charge in [0.2, 0.25) is 0 Å². The second-order valence-electron chi connectivity index (χ2n) is 6.99. The number of nitrogens with zero attached hydrogens (tertiary/aromatic N) is 2. The molecule has 0 unspecified atom stereocenters. The van der Waals surface area contributed by atoms with Gasteiger partial charge in [-0.3, -0.25) is 0 Å². The van der Waals surface area contributed by atoms with Crippen molar-refractivity contribution in [2.75, 3.05) is 32.0 Å². The summed E-state index contributed by atoms with van der Waals surface area (Å²) in [4.78, 5) is 4.59. The van der Waals surface area contributed by atoms with Crippen molar-refractivity contribution in [1.29, 1.82) is 0 Å². The standard InChI is InChI=1S/C22H33N3OS/c1-4-6-14-24(3)15-8-16-25(18-21-9-7-17-26-21)22(27)23-20-12-10-19(5-2)11-13-20/h7,9-13,17H,4-6,8,14-16,18H2,1-3H3,(H,23,27). The van der Waals surface area contributed by atoms with E-state index in [9.17, 15) is 0 Å². The fraction of sp³-hybridized carbons (Fsp3) is 0.500. The van der Waals surface area contributed by atoms with Crippen LogP contribution in [0.3, 0.4) is 0 Å². The molecule has 0 saturated heterocycles. The molecule has 1 heterocycles. The molecule has 0 aliphatic rings. The maximum Gasteiger partial charge on any atom is 0.173 e. The third kappa shape index (κ3) is 7.73. The number of thiocarbonyl (C=S) groups is 1. The zero-order chi connectivity index (χ0) is 19.5. The van der Waals surface area contributed by atoms with E-state index in [-0.39, 0.29) is 0 Å². The molecule has 1 N–H and O–H groups in total. The first-order valence-corrected chi connectivity index (χ1v) is 10.4. The van der Waals surface area contributed by atoms with Crippen LogP contribution in [0.25, 0.3) is 0 Å². The first-order valence-electron chi connectivity index (χ1n) is 9.98. The van der Waals surface area contributed by atoms with E-state index in [1.807, 2.05) is 12.1 Å². The molecule has 1 aromatic heterocycles. The third-order valence-corrected chi connectivity index (χ3v) is 5.05. The summed E-state index contributed by atoms with van der Waals surface area (Å²) in [6.45, 7) is 8.20. The minimum absolute atomic E-state index is 0.685. The van der Waals surface area contributed by atoms with Crippen LogP contribution in [0.1, 0.15) is 44.4 Å². The molecular formula is C22H33N3OS. The molecular weight excluding hydrogens is 354 g/mol. The lowest BCUT2D eigenvalue weighted by atomic mass is 10.1. The van der Waals surface area contributed by atoms with Gasteiger partial charge in [-0.15, -0.1) is 0 Å². The van der Waals surface area contributed by atoms with Crippen LogP contribution in [0.15, 0.2) is 47.1 Å². The summed E-state index contributed by atoms with van der Waals surface area (Å²) >= 11 is 5.70. The molecule has 0 aliphatic heterocycles. The normalized spacial score (nSPS) is 11.0. The Morgan fingerprint density at radius 3 is 2.41 bits per heavy atom. The summed E-state index contributed by atoms with van der Waals surface area (Å²) in [5.74, 6) is 0.930. The van der Waals surface area contributed by atoms with Gasteiger partial charge in [0.05, 0.1) is 12.8 Å². The molecule has 1 aromatic carbocycles. The number of hydrogen-bond acceptors (Lipinski definition) is 3. The fourth-order valence-electron chi connectivity index (χ4n) is 2.94. The van der Waals surface area contributed by atoms with E-state index < -0.39 is 0 Å². The van der Waals surface area contributed by atoms with E-state index in [4.69, 9.17) is 16.6 Å². The maximum atomic E-state index is 5.70. The zero-order valence-corrected chi connectivity index (χ0v) is 17.7. The Hall–Kier alpha value is -1.85. The van der Waals surface area contributed by atoms with Crippen LogP contribution >= 0.6 is 12.2 Å². The first kappa shape index (κ1) is 21.5. The van der Waals surface area contributed by atoms with E-state index in [1.54, 1.807) is 6.26 Å². The van der Waals surface area contributed by atoms with Crippen molar-refractivity contribution in [3.63, 3.8) is 0 Å². The number of nitrogens with one attached hydrogen (secondary N) is 1. The summed E-state index contributed by atoms with van der Waals surface area (Å²) in [5.41, 5.74) is 2.36. The molecule has 0 radical (unpaired) electrons. The molecule has 0 fully saturated rings. The van der Waals surface area contributed by atoms with E-state index in [1.165, 1.54) is 18.4 Å². The Morgan fingerprint density at radius 1 is 1.04 bits per heavy atom. The molecule has 0 spiro atoms. The van der Waals surface area contributed by atoms with Crippen LogP contribution in [0.5, 0.6) is 0 Å². The predicted molar refractivity (Wildman–Crippen MR) is 118 cm³/mol. The Bertz CT molecular complexity index is 655. The minimum atomic E-state index is 0.685. The summed E-state index contributed by atoms with van der Waals surface area (Å²) in [6, 6.07) is 12.4. The number of unbranched alkanes of at least 4 members (excludes halogenated alkanes) is 1. The fourth-order valence-corrected chi connectivity index (χ4v) is 3.21. The van der Waals surface area contributed by atoms with Crippen molar-refractivity contribution in [3.05, 3.63) is 54.0 Å². The molecule has 0 bridgehead atoms. The van der Waals surface area contributed by atoms with Gasteiger partial charge >= 0.3 is 0 Å². The quantitative estimate of drug-likeness (QED) is 0.538. The largest absolute Gasteiger partial charge is 0.467 e. The zero-order valence-electron chi connectivity index (χ0n) is 16.9. The highest BCUT2D eigenvalue weighted by atomic mass is 32.1. The monoisotopic (exact) mass is 387 g/mol.